The smallest absolute Gasteiger partial charge is 0.326 e. The SMILES string of the molecule is CC(O)C(N)C(=O)NC(CC(=O)O)C(=O)NC(CCC(N)=O)C(=O)NC(CC(N)=O)C(=O)O. The molecule has 5 atom stereocenters. The molecule has 0 aromatic heterocycles. The molecule has 5 unspecified atom stereocenters. The summed E-state index contributed by atoms with van der Waals surface area (Å²) in [5, 5.41) is 33.6. The van der Waals surface area contributed by atoms with E-state index in [-0.39, 0.29) is 0 Å². The number of carboxylic acid groups (broad SMARTS) is 2. The van der Waals surface area contributed by atoms with Crippen molar-refractivity contribution in [2.24, 2.45) is 17.2 Å². The summed E-state index contributed by atoms with van der Waals surface area (Å²) in [6.45, 7) is 1.19. The highest BCUT2D eigenvalue weighted by Gasteiger charge is 2.32. The third-order valence-corrected chi connectivity index (χ3v) is 4.17. The zero-order valence-electron chi connectivity index (χ0n) is 17.6. The van der Waals surface area contributed by atoms with Crippen molar-refractivity contribution in [1.82, 2.24) is 16.0 Å². The molecule has 0 bridgehead atoms. The molecule has 0 rings (SSSR count). The Hall–Kier alpha value is -3.79. The largest absolute Gasteiger partial charge is 0.481 e. The summed E-state index contributed by atoms with van der Waals surface area (Å²) in [6.07, 6.45) is -3.89. The molecule has 12 N–H and O–H groups in total. The third kappa shape index (κ3) is 11.4. The molecular formula is C17H28N6O10. The summed E-state index contributed by atoms with van der Waals surface area (Å²) in [6, 6.07) is -6.59. The minimum atomic E-state index is -1.75. The topological polar surface area (TPSA) is 294 Å². The van der Waals surface area contributed by atoms with E-state index in [9.17, 15) is 38.7 Å². The van der Waals surface area contributed by atoms with E-state index >= 15 is 0 Å². The minimum absolute atomic E-state index is 0.420. The Bertz CT molecular complexity index is 786. The van der Waals surface area contributed by atoms with Crippen LogP contribution in [0.3, 0.4) is 0 Å². The quantitative estimate of drug-likeness (QED) is 0.108. The molecule has 0 radical (unpaired) electrons. The second-order valence-corrected chi connectivity index (χ2v) is 7.06. The van der Waals surface area contributed by atoms with Crippen LogP contribution < -0.4 is 33.2 Å². The second kappa shape index (κ2) is 13.6. The van der Waals surface area contributed by atoms with Gasteiger partial charge in [0.25, 0.3) is 0 Å². The van der Waals surface area contributed by atoms with Crippen LogP contribution in [0.25, 0.3) is 0 Å². The van der Waals surface area contributed by atoms with Crippen LogP contribution in [0.4, 0.5) is 0 Å². The number of aliphatic carboxylic acids is 2. The number of hydrogen-bond acceptors (Lipinski definition) is 9. The van der Waals surface area contributed by atoms with Crippen molar-refractivity contribution in [2.75, 3.05) is 0 Å². The predicted octanol–water partition coefficient (Wildman–Crippen LogP) is -5.15. The lowest BCUT2D eigenvalue weighted by Crippen LogP contribution is -2.58. The number of aliphatic hydroxyl groups excluding tert-OH is 1. The number of carboxylic acids is 2. The molecule has 0 aromatic rings. The van der Waals surface area contributed by atoms with Gasteiger partial charge in [-0.1, -0.05) is 0 Å². The van der Waals surface area contributed by atoms with Gasteiger partial charge in [-0.2, -0.15) is 0 Å². The van der Waals surface area contributed by atoms with Crippen molar-refractivity contribution in [2.45, 2.75) is 62.9 Å². The maximum atomic E-state index is 12.6. The zero-order valence-corrected chi connectivity index (χ0v) is 17.6. The van der Waals surface area contributed by atoms with Gasteiger partial charge < -0.3 is 48.5 Å². The van der Waals surface area contributed by atoms with Gasteiger partial charge in [0, 0.05) is 6.42 Å². The first-order valence-corrected chi connectivity index (χ1v) is 9.51. The fraction of sp³-hybridized carbons (Fsp3) is 0.588. The zero-order chi connectivity index (χ0) is 25.9. The Kier molecular flexibility index (Phi) is 12.0. The van der Waals surface area contributed by atoms with Crippen LogP contribution in [0.1, 0.15) is 32.6 Å². The summed E-state index contributed by atoms with van der Waals surface area (Å²) in [5.41, 5.74) is 15.4. The van der Waals surface area contributed by atoms with Crippen molar-refractivity contribution in [1.29, 1.82) is 0 Å². The van der Waals surface area contributed by atoms with Gasteiger partial charge in [-0.15, -0.1) is 0 Å². The van der Waals surface area contributed by atoms with Gasteiger partial charge in [-0.25, -0.2) is 4.79 Å². The van der Waals surface area contributed by atoms with Gasteiger partial charge in [0.1, 0.15) is 24.2 Å². The second-order valence-electron chi connectivity index (χ2n) is 7.06. The molecule has 0 saturated heterocycles. The van der Waals surface area contributed by atoms with E-state index in [0.717, 1.165) is 0 Å². The molecule has 0 heterocycles. The highest BCUT2D eigenvalue weighted by atomic mass is 16.4. The van der Waals surface area contributed by atoms with Crippen molar-refractivity contribution in [3.8, 4) is 0 Å². The molecule has 5 amide bonds. The minimum Gasteiger partial charge on any atom is -0.481 e. The van der Waals surface area contributed by atoms with Crippen molar-refractivity contribution in [3.05, 3.63) is 0 Å². The van der Waals surface area contributed by atoms with E-state index in [1.165, 1.54) is 6.92 Å². The molecule has 186 valence electrons. The van der Waals surface area contributed by atoms with Gasteiger partial charge in [0.15, 0.2) is 0 Å². The van der Waals surface area contributed by atoms with Crippen molar-refractivity contribution in [3.63, 3.8) is 0 Å². The summed E-state index contributed by atoms with van der Waals surface area (Å²) >= 11 is 0. The first-order valence-electron chi connectivity index (χ1n) is 9.51. The van der Waals surface area contributed by atoms with Gasteiger partial charge in [-0.05, 0) is 13.3 Å². The molecule has 16 heteroatoms. The number of nitrogens with one attached hydrogen (secondary N) is 3. The van der Waals surface area contributed by atoms with E-state index < -0.39 is 97.4 Å². The fourth-order valence-corrected chi connectivity index (χ4v) is 2.37. The normalized spacial score (nSPS) is 15.1. The number of rotatable bonds is 15. The highest BCUT2D eigenvalue weighted by Crippen LogP contribution is 2.04. The summed E-state index contributed by atoms with van der Waals surface area (Å²) in [5.74, 6) is -8.41. The molecule has 0 aliphatic heterocycles. The van der Waals surface area contributed by atoms with Crippen LogP contribution in [-0.2, 0) is 33.6 Å². The average molecular weight is 476 g/mol. The van der Waals surface area contributed by atoms with E-state index in [1.807, 2.05) is 10.6 Å². The van der Waals surface area contributed by atoms with Crippen molar-refractivity contribution >= 4 is 41.5 Å². The maximum Gasteiger partial charge on any atom is 0.326 e. The van der Waals surface area contributed by atoms with Crippen LogP contribution in [0.15, 0.2) is 0 Å². The lowest BCUT2D eigenvalue weighted by Gasteiger charge is -2.24. The van der Waals surface area contributed by atoms with Gasteiger partial charge in [0.2, 0.25) is 29.5 Å². The number of primary amides is 2. The Morgan fingerprint density at radius 2 is 1.24 bits per heavy atom. The lowest BCUT2D eigenvalue weighted by atomic mass is 10.1. The van der Waals surface area contributed by atoms with Crippen LogP contribution >= 0.6 is 0 Å². The number of carbonyl (C=O) groups excluding carboxylic acids is 5. The maximum absolute atomic E-state index is 12.6. The van der Waals surface area contributed by atoms with E-state index in [0.29, 0.717) is 0 Å². The summed E-state index contributed by atoms with van der Waals surface area (Å²) in [4.78, 5) is 81.5. The molecule has 0 saturated carbocycles. The molecule has 0 spiro atoms. The number of carbonyl (C=O) groups is 7. The molecule has 0 fully saturated rings. The summed E-state index contributed by atoms with van der Waals surface area (Å²) < 4.78 is 0. The van der Waals surface area contributed by atoms with E-state index in [1.54, 1.807) is 0 Å². The molecule has 16 nitrogen and oxygen atoms in total. The fourth-order valence-electron chi connectivity index (χ4n) is 2.37. The Morgan fingerprint density at radius 1 is 0.758 bits per heavy atom. The number of amides is 5. The van der Waals surface area contributed by atoms with Crippen LogP contribution in [0.2, 0.25) is 0 Å². The molecule has 0 aliphatic carbocycles. The third-order valence-electron chi connectivity index (χ3n) is 4.17. The van der Waals surface area contributed by atoms with Gasteiger partial charge in [-0.3, -0.25) is 28.8 Å². The first kappa shape index (κ1) is 29.2. The highest BCUT2D eigenvalue weighted by molar-refractivity contribution is 5.96. The Morgan fingerprint density at radius 3 is 1.67 bits per heavy atom. The van der Waals surface area contributed by atoms with Crippen LogP contribution in [-0.4, -0.2) is 87.1 Å². The number of hydrogen-bond donors (Lipinski definition) is 9. The van der Waals surface area contributed by atoms with E-state index in [4.69, 9.17) is 27.4 Å². The molecule has 0 aromatic carbocycles. The summed E-state index contributed by atoms with van der Waals surface area (Å²) in [7, 11) is 0. The van der Waals surface area contributed by atoms with Crippen molar-refractivity contribution < 1.29 is 48.9 Å². The van der Waals surface area contributed by atoms with Crippen LogP contribution in [0.5, 0.6) is 0 Å². The molecular weight excluding hydrogens is 448 g/mol. The average Bonchev–Trinajstić information content (AvgIpc) is 2.67. The monoisotopic (exact) mass is 476 g/mol. The number of aliphatic hydroxyl groups is 1. The first-order chi connectivity index (χ1) is 15.1. The molecule has 33 heavy (non-hydrogen) atoms. The molecule has 0 aliphatic rings. The van der Waals surface area contributed by atoms with E-state index in [2.05, 4.69) is 5.32 Å². The van der Waals surface area contributed by atoms with Crippen LogP contribution in [0, 0.1) is 0 Å². The van der Waals surface area contributed by atoms with Gasteiger partial charge >= 0.3 is 11.9 Å². The number of nitrogens with two attached hydrogens (primary N) is 3. The Balaban J connectivity index is 5.63. The Labute approximate surface area is 187 Å². The lowest BCUT2D eigenvalue weighted by molar-refractivity contribution is -0.144. The standard InChI is InChI=1S/C17H28N6O10/c1-6(24)13(20)16(31)22-8(5-12(27)28)15(30)21-7(2-3-10(18)25)14(29)23-9(17(32)33)4-11(19)26/h6-9,13,24H,2-5,20H2,1H3,(H2,18,25)(H2,19,26)(H,21,30)(H,22,31)(H,23,29)(H,27,28)(H,32,33). The van der Waals surface area contributed by atoms with Gasteiger partial charge in [0.05, 0.1) is 18.9 Å². The predicted molar refractivity (Wildman–Crippen MR) is 108 cm³/mol.